The van der Waals surface area contributed by atoms with Crippen molar-refractivity contribution in [2.24, 2.45) is 0 Å². The van der Waals surface area contributed by atoms with E-state index in [4.69, 9.17) is 4.74 Å². The first kappa shape index (κ1) is 15.0. The van der Waals surface area contributed by atoms with Crippen LogP contribution in [-0.4, -0.2) is 19.7 Å². The molecule has 0 saturated heterocycles. The van der Waals surface area contributed by atoms with Crippen molar-refractivity contribution < 1.29 is 9.13 Å². The van der Waals surface area contributed by atoms with E-state index in [0.717, 1.165) is 43.5 Å². The number of methoxy groups -OCH3 is 1. The summed E-state index contributed by atoms with van der Waals surface area (Å²) in [6, 6.07) is 5.21. The molecule has 1 unspecified atom stereocenters. The zero-order chi connectivity index (χ0) is 13.4. The van der Waals surface area contributed by atoms with Gasteiger partial charge in [-0.1, -0.05) is 13.8 Å². The summed E-state index contributed by atoms with van der Waals surface area (Å²) in [5, 5.41) is 3.51. The minimum atomic E-state index is -0.194. The zero-order valence-electron chi connectivity index (χ0n) is 11.6. The maximum absolute atomic E-state index is 13.2. The van der Waals surface area contributed by atoms with Crippen LogP contribution < -0.4 is 10.1 Å². The van der Waals surface area contributed by atoms with E-state index in [1.807, 2.05) is 0 Å². The van der Waals surface area contributed by atoms with Gasteiger partial charge >= 0.3 is 0 Å². The van der Waals surface area contributed by atoms with Gasteiger partial charge in [-0.25, -0.2) is 4.39 Å². The Morgan fingerprint density at radius 2 is 2.11 bits per heavy atom. The highest BCUT2D eigenvalue weighted by atomic mass is 19.1. The van der Waals surface area contributed by atoms with E-state index < -0.39 is 0 Å². The molecule has 0 aromatic heterocycles. The molecular formula is C15H24FNO. The molecule has 1 aromatic carbocycles. The lowest BCUT2D eigenvalue weighted by Gasteiger charge is -2.17. The van der Waals surface area contributed by atoms with Gasteiger partial charge in [0, 0.05) is 6.04 Å². The van der Waals surface area contributed by atoms with Gasteiger partial charge in [0.05, 0.1) is 7.11 Å². The van der Waals surface area contributed by atoms with E-state index in [2.05, 4.69) is 19.2 Å². The Bertz CT molecular complexity index is 354. The van der Waals surface area contributed by atoms with Gasteiger partial charge in [0.1, 0.15) is 11.6 Å². The molecule has 0 amide bonds. The molecule has 3 heteroatoms. The fourth-order valence-corrected chi connectivity index (χ4v) is 2.07. The minimum absolute atomic E-state index is 0.194. The fourth-order valence-electron chi connectivity index (χ4n) is 2.07. The molecule has 102 valence electrons. The Labute approximate surface area is 110 Å². The quantitative estimate of drug-likeness (QED) is 0.765. The number of benzene rings is 1. The summed E-state index contributed by atoms with van der Waals surface area (Å²) in [4.78, 5) is 0. The average Bonchev–Trinajstić information content (AvgIpc) is 2.39. The Kier molecular flexibility index (Phi) is 6.73. The minimum Gasteiger partial charge on any atom is -0.496 e. The van der Waals surface area contributed by atoms with Crippen molar-refractivity contribution in [1.29, 1.82) is 0 Å². The van der Waals surface area contributed by atoms with Gasteiger partial charge in [0.15, 0.2) is 0 Å². The van der Waals surface area contributed by atoms with E-state index in [9.17, 15) is 4.39 Å². The molecule has 1 aromatic rings. The van der Waals surface area contributed by atoms with Gasteiger partial charge in [-0.2, -0.15) is 0 Å². The third kappa shape index (κ3) is 4.65. The first-order chi connectivity index (χ1) is 8.71. The van der Waals surface area contributed by atoms with E-state index in [0.29, 0.717) is 6.04 Å². The summed E-state index contributed by atoms with van der Waals surface area (Å²) in [6.45, 7) is 5.38. The van der Waals surface area contributed by atoms with Crippen LogP contribution in [0.15, 0.2) is 18.2 Å². The molecule has 0 aliphatic heterocycles. The SMILES string of the molecule is CCCNC(CC)CCc1cc(F)ccc1OC. The predicted molar refractivity (Wildman–Crippen MR) is 73.6 cm³/mol. The molecule has 1 rings (SSSR count). The molecule has 2 nitrogen and oxygen atoms in total. The summed E-state index contributed by atoms with van der Waals surface area (Å²) in [5.74, 6) is 0.585. The van der Waals surface area contributed by atoms with Crippen molar-refractivity contribution in [2.75, 3.05) is 13.7 Å². The molecule has 0 heterocycles. The van der Waals surface area contributed by atoms with Gasteiger partial charge in [-0.3, -0.25) is 0 Å². The van der Waals surface area contributed by atoms with E-state index in [1.54, 1.807) is 19.2 Å². The van der Waals surface area contributed by atoms with E-state index >= 15 is 0 Å². The number of nitrogens with one attached hydrogen (secondary N) is 1. The van der Waals surface area contributed by atoms with Crippen LogP contribution in [0.5, 0.6) is 5.75 Å². The molecule has 0 aliphatic carbocycles. The normalized spacial score (nSPS) is 12.4. The van der Waals surface area contributed by atoms with Crippen LogP contribution in [0.1, 0.15) is 38.7 Å². The lowest BCUT2D eigenvalue weighted by molar-refractivity contribution is 0.403. The molecular weight excluding hydrogens is 229 g/mol. The van der Waals surface area contributed by atoms with Crippen LogP contribution in [0.25, 0.3) is 0 Å². The highest BCUT2D eigenvalue weighted by Crippen LogP contribution is 2.21. The predicted octanol–water partition coefficient (Wildman–Crippen LogP) is 3.55. The number of aryl methyl sites for hydroxylation is 1. The molecule has 1 N–H and O–H groups in total. The first-order valence-electron chi connectivity index (χ1n) is 6.77. The molecule has 0 aliphatic rings. The van der Waals surface area contributed by atoms with Crippen molar-refractivity contribution in [1.82, 2.24) is 5.32 Å². The summed E-state index contributed by atoms with van der Waals surface area (Å²) in [7, 11) is 1.63. The molecule has 0 fully saturated rings. The standard InChI is InChI=1S/C15H24FNO/c1-4-10-17-14(5-2)8-6-12-11-13(16)7-9-15(12)18-3/h7,9,11,14,17H,4-6,8,10H2,1-3H3. The monoisotopic (exact) mass is 253 g/mol. The van der Waals surface area contributed by atoms with Crippen LogP contribution in [0.2, 0.25) is 0 Å². The maximum atomic E-state index is 13.2. The summed E-state index contributed by atoms with van der Waals surface area (Å²) in [5.41, 5.74) is 0.953. The van der Waals surface area contributed by atoms with Gasteiger partial charge in [-0.15, -0.1) is 0 Å². The van der Waals surface area contributed by atoms with Crippen LogP contribution >= 0.6 is 0 Å². The maximum Gasteiger partial charge on any atom is 0.123 e. The van der Waals surface area contributed by atoms with Crippen LogP contribution in [0.3, 0.4) is 0 Å². The summed E-state index contributed by atoms with van der Waals surface area (Å²) >= 11 is 0. The van der Waals surface area contributed by atoms with Crippen LogP contribution in [0.4, 0.5) is 4.39 Å². The Hall–Kier alpha value is -1.09. The topological polar surface area (TPSA) is 21.3 Å². The Balaban J connectivity index is 2.57. The number of rotatable bonds is 8. The molecule has 0 spiro atoms. The first-order valence-corrected chi connectivity index (χ1v) is 6.77. The second kappa shape index (κ2) is 8.09. The third-order valence-electron chi connectivity index (χ3n) is 3.18. The second-order valence-electron chi connectivity index (χ2n) is 4.55. The van der Waals surface area contributed by atoms with Crippen molar-refractivity contribution in [3.05, 3.63) is 29.6 Å². The van der Waals surface area contributed by atoms with Crippen LogP contribution in [0, 0.1) is 5.82 Å². The number of halogens is 1. The number of hydrogen-bond acceptors (Lipinski definition) is 2. The summed E-state index contributed by atoms with van der Waals surface area (Å²) < 4.78 is 18.5. The lowest BCUT2D eigenvalue weighted by Crippen LogP contribution is -2.29. The second-order valence-corrected chi connectivity index (χ2v) is 4.55. The zero-order valence-corrected chi connectivity index (χ0v) is 11.6. The average molecular weight is 253 g/mol. The van der Waals surface area contributed by atoms with Gasteiger partial charge in [0.25, 0.3) is 0 Å². The van der Waals surface area contributed by atoms with Crippen LogP contribution in [-0.2, 0) is 6.42 Å². The number of ether oxygens (including phenoxy) is 1. The third-order valence-corrected chi connectivity index (χ3v) is 3.18. The molecule has 0 bridgehead atoms. The van der Waals surface area contributed by atoms with Crippen molar-refractivity contribution in [2.45, 2.75) is 45.6 Å². The number of hydrogen-bond donors (Lipinski definition) is 1. The van der Waals surface area contributed by atoms with Gasteiger partial charge in [0.2, 0.25) is 0 Å². The molecule has 18 heavy (non-hydrogen) atoms. The van der Waals surface area contributed by atoms with Gasteiger partial charge < -0.3 is 10.1 Å². The Morgan fingerprint density at radius 3 is 2.72 bits per heavy atom. The fraction of sp³-hybridized carbons (Fsp3) is 0.600. The smallest absolute Gasteiger partial charge is 0.123 e. The van der Waals surface area contributed by atoms with Crippen molar-refractivity contribution in [3.8, 4) is 5.75 Å². The summed E-state index contributed by atoms with van der Waals surface area (Å²) in [6.07, 6.45) is 4.09. The molecule has 1 atom stereocenters. The highest BCUT2D eigenvalue weighted by Gasteiger charge is 2.09. The van der Waals surface area contributed by atoms with E-state index in [-0.39, 0.29) is 5.82 Å². The lowest BCUT2D eigenvalue weighted by atomic mass is 10.0. The highest BCUT2D eigenvalue weighted by molar-refractivity contribution is 5.34. The largest absolute Gasteiger partial charge is 0.496 e. The van der Waals surface area contributed by atoms with Gasteiger partial charge in [-0.05, 0) is 56.0 Å². The van der Waals surface area contributed by atoms with E-state index in [1.165, 1.54) is 6.07 Å². The van der Waals surface area contributed by atoms with Crippen molar-refractivity contribution >= 4 is 0 Å². The molecule has 0 radical (unpaired) electrons. The molecule has 0 saturated carbocycles. The Morgan fingerprint density at radius 1 is 1.33 bits per heavy atom. The van der Waals surface area contributed by atoms with Crippen molar-refractivity contribution in [3.63, 3.8) is 0 Å².